The number of amides is 1. The molecule has 1 aliphatic heterocycles. The molecular weight excluding hydrogens is 442 g/mol. The van der Waals surface area contributed by atoms with E-state index in [0.717, 1.165) is 23.4 Å². The van der Waals surface area contributed by atoms with Crippen LogP contribution in [0.25, 0.3) is 5.76 Å². The molecule has 0 aliphatic carbocycles. The average molecular weight is 478 g/mol. The second-order valence-corrected chi connectivity index (χ2v) is 9.21. The smallest absolute Gasteiger partial charge is 0.295 e. The number of ketones is 1. The Bertz CT molecular complexity index is 1120. The van der Waals surface area contributed by atoms with Crippen molar-refractivity contribution < 1.29 is 19.4 Å². The molecule has 1 fully saturated rings. The van der Waals surface area contributed by atoms with Gasteiger partial charge < -0.3 is 24.5 Å². The molecule has 7 heteroatoms. The third-order valence-electron chi connectivity index (χ3n) is 6.09. The molecule has 7 nitrogen and oxygen atoms in total. The number of nitrogens with zero attached hydrogens (tertiary/aromatic N) is 3. The van der Waals surface area contributed by atoms with Gasteiger partial charge in [0.1, 0.15) is 18.1 Å². The molecule has 0 unspecified atom stereocenters. The average Bonchev–Trinajstić information content (AvgIpc) is 3.07. The van der Waals surface area contributed by atoms with E-state index < -0.39 is 17.7 Å². The fourth-order valence-electron chi connectivity index (χ4n) is 4.26. The van der Waals surface area contributed by atoms with Crippen LogP contribution < -0.4 is 9.64 Å². The zero-order valence-corrected chi connectivity index (χ0v) is 21.2. The summed E-state index contributed by atoms with van der Waals surface area (Å²) in [5.74, 6) is -0.789. The molecule has 1 saturated heterocycles. The van der Waals surface area contributed by atoms with Gasteiger partial charge in [-0.3, -0.25) is 9.59 Å². The van der Waals surface area contributed by atoms with Crippen LogP contribution in [-0.2, 0) is 9.59 Å². The lowest BCUT2D eigenvalue weighted by Gasteiger charge is -2.26. The standard InChI is InChI=1S/C28H35N3O4/c1-7-17-35-22-13-14-23(19(2)18-22)26(32)24-25(20-9-11-21(12-10-20)30(5)6)31(28(34)27(24)33)16-8-15-29(3)4/h7,9-14,18,25,32H,1,8,15-17H2,2-6H3/t25-/m1/s1. The number of carbonyl (C=O) groups is 2. The molecule has 1 N–H and O–H groups in total. The van der Waals surface area contributed by atoms with Gasteiger partial charge in [-0.25, -0.2) is 0 Å². The Kier molecular flexibility index (Phi) is 8.35. The van der Waals surface area contributed by atoms with Crippen molar-refractivity contribution >= 4 is 23.1 Å². The maximum atomic E-state index is 13.2. The number of rotatable bonds is 10. The number of Topliss-reactive ketones (excluding diaryl/α,β-unsaturated/α-hetero) is 1. The van der Waals surface area contributed by atoms with Gasteiger partial charge in [0.15, 0.2) is 0 Å². The number of hydrogen-bond donors (Lipinski definition) is 1. The highest BCUT2D eigenvalue weighted by Gasteiger charge is 2.45. The molecule has 1 amide bonds. The van der Waals surface area contributed by atoms with E-state index in [1.54, 1.807) is 29.2 Å². The van der Waals surface area contributed by atoms with E-state index >= 15 is 0 Å². The number of carbonyl (C=O) groups excluding carboxylic acids is 2. The van der Waals surface area contributed by atoms with Crippen LogP contribution in [0, 0.1) is 6.92 Å². The van der Waals surface area contributed by atoms with Gasteiger partial charge in [-0.15, -0.1) is 0 Å². The van der Waals surface area contributed by atoms with Crippen molar-refractivity contribution in [3.63, 3.8) is 0 Å². The second kappa shape index (κ2) is 11.2. The Balaban J connectivity index is 2.08. The Labute approximate surface area is 207 Å². The van der Waals surface area contributed by atoms with Crippen LogP contribution >= 0.6 is 0 Å². The molecule has 1 aliphatic rings. The molecular formula is C28H35N3O4. The number of hydrogen-bond acceptors (Lipinski definition) is 6. The summed E-state index contributed by atoms with van der Waals surface area (Å²) < 4.78 is 5.58. The van der Waals surface area contributed by atoms with Gasteiger partial charge in [0.2, 0.25) is 0 Å². The minimum atomic E-state index is -0.666. The van der Waals surface area contributed by atoms with Crippen LogP contribution in [0.15, 0.2) is 60.7 Å². The van der Waals surface area contributed by atoms with Crippen LogP contribution in [0.3, 0.4) is 0 Å². The molecule has 2 aromatic rings. The Morgan fingerprint density at radius 2 is 1.80 bits per heavy atom. The highest BCUT2D eigenvalue weighted by Crippen LogP contribution is 2.40. The Morgan fingerprint density at radius 1 is 1.11 bits per heavy atom. The Hall–Kier alpha value is -3.58. The first-order valence-corrected chi connectivity index (χ1v) is 11.7. The van der Waals surface area contributed by atoms with Crippen molar-refractivity contribution in [2.24, 2.45) is 0 Å². The molecule has 0 bridgehead atoms. The van der Waals surface area contributed by atoms with E-state index in [1.807, 2.05) is 69.2 Å². The largest absolute Gasteiger partial charge is 0.507 e. The van der Waals surface area contributed by atoms with Gasteiger partial charge >= 0.3 is 0 Å². The highest BCUT2D eigenvalue weighted by atomic mass is 16.5. The topological polar surface area (TPSA) is 73.3 Å². The lowest BCUT2D eigenvalue weighted by atomic mass is 9.93. The molecule has 3 rings (SSSR count). The molecule has 0 radical (unpaired) electrons. The van der Waals surface area contributed by atoms with Gasteiger partial charge in [-0.2, -0.15) is 0 Å². The molecule has 0 aromatic heterocycles. The third kappa shape index (κ3) is 5.74. The maximum absolute atomic E-state index is 13.2. The number of ether oxygens (including phenoxy) is 1. The number of likely N-dealkylation sites (tertiary alicyclic amines) is 1. The number of aryl methyl sites for hydroxylation is 1. The van der Waals surface area contributed by atoms with Crippen molar-refractivity contribution in [3.8, 4) is 5.75 Å². The molecule has 186 valence electrons. The van der Waals surface area contributed by atoms with Crippen molar-refractivity contribution in [1.29, 1.82) is 0 Å². The maximum Gasteiger partial charge on any atom is 0.295 e. The highest BCUT2D eigenvalue weighted by molar-refractivity contribution is 6.46. The first kappa shape index (κ1) is 26.0. The summed E-state index contributed by atoms with van der Waals surface area (Å²) in [6, 6.07) is 12.3. The van der Waals surface area contributed by atoms with Crippen molar-refractivity contribution in [2.45, 2.75) is 19.4 Å². The molecule has 1 heterocycles. The molecule has 2 aromatic carbocycles. The minimum Gasteiger partial charge on any atom is -0.507 e. The normalized spacial score (nSPS) is 17.2. The summed E-state index contributed by atoms with van der Waals surface area (Å²) in [6.45, 7) is 7.04. The summed E-state index contributed by atoms with van der Waals surface area (Å²) in [5, 5.41) is 11.4. The van der Waals surface area contributed by atoms with Crippen molar-refractivity contribution in [3.05, 3.63) is 77.4 Å². The lowest BCUT2D eigenvalue weighted by molar-refractivity contribution is -0.139. The zero-order valence-electron chi connectivity index (χ0n) is 21.2. The first-order valence-electron chi connectivity index (χ1n) is 11.7. The number of aliphatic hydroxyl groups excluding tert-OH is 1. The lowest BCUT2D eigenvalue weighted by Crippen LogP contribution is -2.32. The van der Waals surface area contributed by atoms with Crippen molar-refractivity contribution in [1.82, 2.24) is 9.80 Å². The van der Waals surface area contributed by atoms with Gasteiger partial charge in [-0.05, 0) is 75.4 Å². The van der Waals surface area contributed by atoms with E-state index in [2.05, 4.69) is 6.58 Å². The first-order chi connectivity index (χ1) is 16.6. The number of anilines is 1. The third-order valence-corrected chi connectivity index (χ3v) is 6.09. The van der Waals surface area contributed by atoms with Crippen molar-refractivity contribution in [2.75, 3.05) is 52.8 Å². The van der Waals surface area contributed by atoms with E-state index in [1.165, 1.54) is 0 Å². The zero-order chi connectivity index (χ0) is 25.7. The van der Waals surface area contributed by atoms with E-state index in [9.17, 15) is 14.7 Å². The fraction of sp³-hybridized carbons (Fsp3) is 0.357. The van der Waals surface area contributed by atoms with Gasteiger partial charge in [0.05, 0.1) is 11.6 Å². The van der Waals surface area contributed by atoms with Crippen LogP contribution in [0.4, 0.5) is 5.69 Å². The molecule has 35 heavy (non-hydrogen) atoms. The van der Waals surface area contributed by atoms with Crippen LogP contribution in [-0.4, -0.2) is 74.5 Å². The number of aliphatic hydroxyl groups is 1. The molecule has 0 saturated carbocycles. The summed E-state index contributed by atoms with van der Waals surface area (Å²) in [4.78, 5) is 32.0. The van der Waals surface area contributed by atoms with E-state index in [-0.39, 0.29) is 11.3 Å². The van der Waals surface area contributed by atoms with Gasteiger partial charge in [0, 0.05) is 31.9 Å². The molecule has 0 spiro atoms. The van der Waals surface area contributed by atoms with Crippen LogP contribution in [0.5, 0.6) is 5.75 Å². The van der Waals surface area contributed by atoms with Crippen LogP contribution in [0.1, 0.15) is 29.2 Å². The SMILES string of the molecule is C=CCOc1ccc(C(O)=C2C(=O)C(=O)N(CCCN(C)C)[C@@H]2c2ccc(N(C)C)cc2)c(C)c1. The predicted octanol–water partition coefficient (Wildman–Crippen LogP) is 4.00. The van der Waals surface area contributed by atoms with Gasteiger partial charge in [0.25, 0.3) is 11.7 Å². The minimum absolute atomic E-state index is 0.111. The summed E-state index contributed by atoms with van der Waals surface area (Å²) in [7, 11) is 7.84. The van der Waals surface area contributed by atoms with Gasteiger partial charge in [-0.1, -0.05) is 24.8 Å². The second-order valence-electron chi connectivity index (χ2n) is 9.21. The monoisotopic (exact) mass is 477 g/mol. The summed E-state index contributed by atoms with van der Waals surface area (Å²) in [5.41, 5.74) is 3.14. The van der Waals surface area contributed by atoms with E-state index in [4.69, 9.17) is 4.74 Å². The van der Waals surface area contributed by atoms with Crippen LogP contribution in [0.2, 0.25) is 0 Å². The Morgan fingerprint density at radius 3 is 2.37 bits per heavy atom. The quantitative estimate of drug-likeness (QED) is 0.241. The predicted molar refractivity (Wildman–Crippen MR) is 140 cm³/mol. The summed E-state index contributed by atoms with van der Waals surface area (Å²) in [6.07, 6.45) is 2.36. The van der Waals surface area contributed by atoms with E-state index in [0.29, 0.717) is 30.9 Å². The number of benzene rings is 2. The summed E-state index contributed by atoms with van der Waals surface area (Å²) >= 11 is 0. The molecule has 1 atom stereocenters. The fourth-order valence-corrected chi connectivity index (χ4v) is 4.26.